The predicted molar refractivity (Wildman–Crippen MR) is 108 cm³/mol. The van der Waals surface area contributed by atoms with Gasteiger partial charge in [-0.05, 0) is 44.9 Å². The number of aliphatic hydroxyl groups is 1. The third-order valence-corrected chi connectivity index (χ3v) is 4.99. The molecule has 0 radical (unpaired) electrons. The number of nitrogens with one attached hydrogen (secondary N) is 1. The fraction of sp³-hybridized carbons (Fsp3) is 0.545. The van der Waals surface area contributed by atoms with Crippen molar-refractivity contribution in [3.05, 3.63) is 48.1 Å². The quantitative estimate of drug-likeness (QED) is 0.399. The van der Waals surface area contributed by atoms with Crippen LogP contribution < -0.4 is 5.32 Å². The van der Waals surface area contributed by atoms with E-state index < -0.39 is 59.3 Å². The summed E-state index contributed by atoms with van der Waals surface area (Å²) in [5, 5.41) is 23.8. The third-order valence-electron chi connectivity index (χ3n) is 4.99. The fourth-order valence-corrected chi connectivity index (χ4v) is 3.65. The lowest BCUT2D eigenvalue weighted by molar-refractivity contribution is -0.172. The SMILES string of the molecule is C=CCO[C@H]1CN[C@@](C(=O)OC(C)(C)C)([C@@H](O)[C@H](Cc2cc(F)cc(F)c2)C(=O)O)C1. The number of benzene rings is 1. The zero-order valence-corrected chi connectivity index (χ0v) is 17.9. The van der Waals surface area contributed by atoms with Gasteiger partial charge in [0.05, 0.1) is 24.7 Å². The molecule has 0 saturated carbocycles. The van der Waals surface area contributed by atoms with Crippen molar-refractivity contribution < 1.29 is 38.1 Å². The van der Waals surface area contributed by atoms with Gasteiger partial charge in [0.2, 0.25) is 0 Å². The average molecular weight is 441 g/mol. The van der Waals surface area contributed by atoms with Crippen molar-refractivity contribution in [3.63, 3.8) is 0 Å². The molecule has 0 spiro atoms. The van der Waals surface area contributed by atoms with E-state index in [-0.39, 0.29) is 25.1 Å². The van der Waals surface area contributed by atoms with Crippen LogP contribution in [-0.4, -0.2) is 58.7 Å². The lowest BCUT2D eigenvalue weighted by Gasteiger charge is -2.37. The summed E-state index contributed by atoms with van der Waals surface area (Å²) in [5.41, 5.74) is -2.62. The number of hydrogen-bond acceptors (Lipinski definition) is 6. The number of rotatable bonds is 9. The summed E-state index contributed by atoms with van der Waals surface area (Å²) >= 11 is 0. The van der Waals surface area contributed by atoms with Gasteiger partial charge in [0.1, 0.15) is 22.8 Å². The van der Waals surface area contributed by atoms with Crippen LogP contribution in [-0.2, 0) is 25.5 Å². The maximum Gasteiger partial charge on any atom is 0.329 e. The molecular formula is C22H29F2NO6. The molecule has 4 atom stereocenters. The van der Waals surface area contributed by atoms with Crippen LogP contribution in [0.15, 0.2) is 30.9 Å². The summed E-state index contributed by atoms with van der Waals surface area (Å²) in [7, 11) is 0. The number of halogens is 2. The second kappa shape index (κ2) is 9.84. The second-order valence-corrected chi connectivity index (χ2v) is 8.67. The van der Waals surface area contributed by atoms with Crippen LogP contribution in [0.5, 0.6) is 0 Å². The molecule has 0 bridgehead atoms. The van der Waals surface area contributed by atoms with Crippen LogP contribution in [0.2, 0.25) is 0 Å². The van der Waals surface area contributed by atoms with Gasteiger partial charge in [-0.1, -0.05) is 6.08 Å². The van der Waals surface area contributed by atoms with Crippen molar-refractivity contribution in [2.24, 2.45) is 5.92 Å². The van der Waals surface area contributed by atoms with Gasteiger partial charge in [-0.3, -0.25) is 10.1 Å². The van der Waals surface area contributed by atoms with E-state index in [9.17, 15) is 28.6 Å². The van der Waals surface area contributed by atoms with Gasteiger partial charge in [0.25, 0.3) is 0 Å². The first kappa shape index (κ1) is 24.9. The van der Waals surface area contributed by atoms with E-state index in [1.54, 1.807) is 20.8 Å². The highest BCUT2D eigenvalue weighted by Crippen LogP contribution is 2.33. The zero-order chi connectivity index (χ0) is 23.4. The number of carboxylic acid groups (broad SMARTS) is 1. The number of esters is 1. The Bertz CT molecular complexity index is 804. The highest BCUT2D eigenvalue weighted by Gasteiger charge is 2.56. The minimum absolute atomic E-state index is 0.0424. The lowest BCUT2D eigenvalue weighted by Crippen LogP contribution is -2.62. The first-order chi connectivity index (χ1) is 14.4. The lowest BCUT2D eigenvalue weighted by atomic mass is 9.79. The number of aliphatic carboxylic acids is 1. The monoisotopic (exact) mass is 441 g/mol. The molecule has 1 aliphatic heterocycles. The molecule has 0 amide bonds. The highest BCUT2D eigenvalue weighted by molar-refractivity contribution is 5.84. The minimum Gasteiger partial charge on any atom is -0.481 e. The Hall–Kier alpha value is -2.36. The number of carboxylic acids is 1. The first-order valence-electron chi connectivity index (χ1n) is 9.95. The number of ether oxygens (including phenoxy) is 2. The largest absolute Gasteiger partial charge is 0.481 e. The summed E-state index contributed by atoms with van der Waals surface area (Å²) in [4.78, 5) is 25.1. The Kier molecular flexibility index (Phi) is 7.91. The van der Waals surface area contributed by atoms with Crippen LogP contribution in [0.4, 0.5) is 8.78 Å². The molecule has 31 heavy (non-hydrogen) atoms. The Morgan fingerprint density at radius 3 is 2.45 bits per heavy atom. The number of hydrogen-bond donors (Lipinski definition) is 3. The molecule has 1 saturated heterocycles. The van der Waals surface area contributed by atoms with E-state index in [1.807, 2.05) is 0 Å². The third kappa shape index (κ3) is 6.32. The second-order valence-electron chi connectivity index (χ2n) is 8.67. The van der Waals surface area contributed by atoms with Gasteiger partial charge in [0, 0.05) is 19.0 Å². The molecule has 1 aliphatic rings. The fourth-order valence-electron chi connectivity index (χ4n) is 3.65. The van der Waals surface area contributed by atoms with Gasteiger partial charge >= 0.3 is 11.9 Å². The Morgan fingerprint density at radius 2 is 1.94 bits per heavy atom. The summed E-state index contributed by atoms with van der Waals surface area (Å²) in [6.45, 7) is 8.89. The molecule has 2 rings (SSSR count). The first-order valence-corrected chi connectivity index (χ1v) is 9.95. The van der Waals surface area contributed by atoms with Crippen molar-refractivity contribution in [2.45, 2.75) is 57.0 Å². The van der Waals surface area contributed by atoms with E-state index in [4.69, 9.17) is 9.47 Å². The van der Waals surface area contributed by atoms with E-state index in [2.05, 4.69) is 11.9 Å². The van der Waals surface area contributed by atoms with Gasteiger partial charge in [-0.25, -0.2) is 13.6 Å². The average Bonchev–Trinajstić information content (AvgIpc) is 3.07. The van der Waals surface area contributed by atoms with E-state index in [1.165, 1.54) is 6.08 Å². The van der Waals surface area contributed by atoms with Crippen molar-refractivity contribution in [2.75, 3.05) is 13.2 Å². The van der Waals surface area contributed by atoms with Gasteiger partial charge < -0.3 is 19.7 Å². The topological polar surface area (TPSA) is 105 Å². The van der Waals surface area contributed by atoms with Crippen molar-refractivity contribution in [1.29, 1.82) is 0 Å². The number of aliphatic hydroxyl groups excluding tert-OH is 1. The van der Waals surface area contributed by atoms with Crippen LogP contribution in [0.1, 0.15) is 32.8 Å². The molecule has 9 heteroatoms. The Labute approximate surface area is 180 Å². The standard InChI is InChI=1S/C22H29F2NO6/c1-5-6-30-16-11-22(25-12-16,20(29)31-21(2,3)4)18(26)17(19(27)28)9-13-7-14(23)10-15(24)8-13/h5,7-8,10,16-18,25-26H,1,6,9,11-12H2,2-4H3,(H,27,28)/t16-,17+,18+,22-/m1/s1. The van der Waals surface area contributed by atoms with Crippen LogP contribution in [0, 0.1) is 17.6 Å². The molecule has 0 aliphatic carbocycles. The molecular weight excluding hydrogens is 412 g/mol. The number of carbonyl (C=O) groups is 2. The summed E-state index contributed by atoms with van der Waals surface area (Å²) in [5.74, 6) is -5.52. The molecule has 1 aromatic rings. The van der Waals surface area contributed by atoms with Crippen molar-refractivity contribution in [1.82, 2.24) is 5.32 Å². The molecule has 172 valence electrons. The predicted octanol–water partition coefficient (Wildman–Crippen LogP) is 2.21. The molecule has 7 nitrogen and oxygen atoms in total. The van der Waals surface area contributed by atoms with Crippen LogP contribution in [0.25, 0.3) is 0 Å². The molecule has 1 heterocycles. The molecule has 0 aromatic heterocycles. The van der Waals surface area contributed by atoms with Crippen molar-refractivity contribution in [3.8, 4) is 0 Å². The summed E-state index contributed by atoms with van der Waals surface area (Å²) in [6, 6.07) is 2.64. The molecule has 0 unspecified atom stereocenters. The van der Waals surface area contributed by atoms with Gasteiger partial charge in [-0.2, -0.15) is 0 Å². The smallest absolute Gasteiger partial charge is 0.329 e. The molecule has 1 fully saturated rings. The summed E-state index contributed by atoms with van der Waals surface area (Å²) in [6.07, 6.45) is -1.17. The van der Waals surface area contributed by atoms with Crippen LogP contribution >= 0.6 is 0 Å². The van der Waals surface area contributed by atoms with Gasteiger partial charge in [-0.15, -0.1) is 6.58 Å². The maximum absolute atomic E-state index is 13.6. The summed E-state index contributed by atoms with van der Waals surface area (Å²) < 4.78 is 38.2. The van der Waals surface area contributed by atoms with E-state index in [0.29, 0.717) is 6.07 Å². The molecule has 1 aromatic carbocycles. The molecule has 3 N–H and O–H groups in total. The Morgan fingerprint density at radius 1 is 1.32 bits per heavy atom. The van der Waals surface area contributed by atoms with E-state index >= 15 is 0 Å². The highest BCUT2D eigenvalue weighted by atomic mass is 19.1. The normalized spacial score (nSPS) is 23.2. The van der Waals surface area contributed by atoms with E-state index in [0.717, 1.165) is 12.1 Å². The number of carbonyl (C=O) groups excluding carboxylic acids is 1. The van der Waals surface area contributed by atoms with Gasteiger partial charge in [0.15, 0.2) is 0 Å². The zero-order valence-electron chi connectivity index (χ0n) is 17.9. The minimum atomic E-state index is -1.77. The maximum atomic E-state index is 13.6. The Balaban J connectivity index is 2.38. The van der Waals surface area contributed by atoms with Crippen LogP contribution in [0.3, 0.4) is 0 Å². The van der Waals surface area contributed by atoms with Crippen molar-refractivity contribution >= 4 is 11.9 Å².